The molecule has 0 radical (unpaired) electrons. The number of thiazole rings is 1. The molecule has 7 heteroatoms. The van der Waals surface area contributed by atoms with Gasteiger partial charge in [0.1, 0.15) is 16.5 Å². The van der Waals surface area contributed by atoms with Gasteiger partial charge < -0.3 is 14.4 Å². The van der Waals surface area contributed by atoms with Crippen molar-refractivity contribution in [2.45, 2.75) is 13.3 Å². The Labute approximate surface area is 196 Å². The van der Waals surface area contributed by atoms with Crippen molar-refractivity contribution in [1.82, 2.24) is 9.97 Å². The lowest BCUT2D eigenvalue weighted by atomic mass is 10.1. The van der Waals surface area contributed by atoms with Crippen LogP contribution in [0.3, 0.4) is 0 Å². The first-order chi connectivity index (χ1) is 16.2. The van der Waals surface area contributed by atoms with Gasteiger partial charge in [-0.25, -0.2) is 4.98 Å². The number of anilines is 1. The van der Waals surface area contributed by atoms with E-state index in [4.69, 9.17) is 14.5 Å². The number of aryl methyl sites for hydroxylation is 1. The van der Waals surface area contributed by atoms with E-state index >= 15 is 0 Å². The SMILES string of the molecule is Cc1sc(-c2ccccn2)nc1-c1ccc2c(c1)N(CCCOc1ccccc1)C(=O)CO2. The number of pyridine rings is 1. The molecule has 0 saturated carbocycles. The number of ether oxygens (including phenoxy) is 2. The number of benzene rings is 2. The van der Waals surface area contributed by atoms with Crippen molar-refractivity contribution < 1.29 is 14.3 Å². The number of para-hydroxylation sites is 1. The van der Waals surface area contributed by atoms with Crippen LogP contribution in [0.1, 0.15) is 11.3 Å². The van der Waals surface area contributed by atoms with E-state index in [-0.39, 0.29) is 12.5 Å². The van der Waals surface area contributed by atoms with Gasteiger partial charge in [-0.1, -0.05) is 24.3 Å². The molecule has 0 fully saturated rings. The van der Waals surface area contributed by atoms with Gasteiger partial charge in [0, 0.05) is 23.2 Å². The van der Waals surface area contributed by atoms with Crippen LogP contribution in [0.25, 0.3) is 22.0 Å². The van der Waals surface area contributed by atoms with E-state index < -0.39 is 0 Å². The Hall–Kier alpha value is -3.71. The minimum Gasteiger partial charge on any atom is -0.494 e. The zero-order chi connectivity index (χ0) is 22.6. The first-order valence-corrected chi connectivity index (χ1v) is 11.6. The molecule has 6 nitrogen and oxygen atoms in total. The fourth-order valence-electron chi connectivity index (χ4n) is 3.79. The maximum atomic E-state index is 12.7. The lowest BCUT2D eigenvalue weighted by molar-refractivity contribution is -0.121. The monoisotopic (exact) mass is 457 g/mol. The predicted molar refractivity (Wildman–Crippen MR) is 130 cm³/mol. The molecule has 3 heterocycles. The number of rotatable bonds is 7. The molecule has 2 aromatic carbocycles. The molecule has 0 spiro atoms. The Morgan fingerprint density at radius 1 is 1.09 bits per heavy atom. The van der Waals surface area contributed by atoms with E-state index in [1.807, 2.05) is 66.7 Å². The molecule has 1 amide bonds. The number of fused-ring (bicyclic) bond motifs is 1. The molecule has 33 heavy (non-hydrogen) atoms. The number of hydrogen-bond acceptors (Lipinski definition) is 6. The highest BCUT2D eigenvalue weighted by molar-refractivity contribution is 7.15. The van der Waals surface area contributed by atoms with Gasteiger partial charge in [-0.05, 0) is 55.8 Å². The number of carbonyl (C=O) groups is 1. The third-order valence-electron chi connectivity index (χ3n) is 5.39. The molecule has 0 atom stereocenters. The third-order valence-corrected chi connectivity index (χ3v) is 6.39. The van der Waals surface area contributed by atoms with Gasteiger partial charge in [-0.3, -0.25) is 9.78 Å². The number of carbonyl (C=O) groups excluding carboxylic acids is 1. The van der Waals surface area contributed by atoms with E-state index in [1.54, 1.807) is 22.4 Å². The second-order valence-corrected chi connectivity index (χ2v) is 8.87. The lowest BCUT2D eigenvalue weighted by Gasteiger charge is -2.29. The summed E-state index contributed by atoms with van der Waals surface area (Å²) in [5.74, 6) is 1.49. The molecule has 2 aromatic heterocycles. The number of amides is 1. The lowest BCUT2D eigenvalue weighted by Crippen LogP contribution is -2.39. The highest BCUT2D eigenvalue weighted by Gasteiger charge is 2.26. The average molecular weight is 458 g/mol. The predicted octanol–water partition coefficient (Wildman–Crippen LogP) is 5.38. The van der Waals surface area contributed by atoms with Gasteiger partial charge in [0.05, 0.1) is 23.7 Å². The third kappa shape index (κ3) is 4.59. The van der Waals surface area contributed by atoms with E-state index in [9.17, 15) is 4.79 Å². The first kappa shape index (κ1) is 21.2. The van der Waals surface area contributed by atoms with E-state index in [1.165, 1.54) is 0 Å². The van der Waals surface area contributed by atoms with Crippen LogP contribution in [0.2, 0.25) is 0 Å². The van der Waals surface area contributed by atoms with Crippen LogP contribution < -0.4 is 14.4 Å². The van der Waals surface area contributed by atoms with E-state index in [2.05, 4.69) is 11.9 Å². The fraction of sp³-hybridized carbons (Fsp3) is 0.192. The van der Waals surface area contributed by atoms with Crippen molar-refractivity contribution in [2.75, 3.05) is 24.7 Å². The molecule has 0 unspecified atom stereocenters. The van der Waals surface area contributed by atoms with Crippen LogP contribution in [-0.2, 0) is 4.79 Å². The summed E-state index contributed by atoms with van der Waals surface area (Å²) in [5.41, 5.74) is 3.48. The molecule has 0 bridgehead atoms. The van der Waals surface area contributed by atoms with Crippen molar-refractivity contribution in [1.29, 1.82) is 0 Å². The summed E-state index contributed by atoms with van der Waals surface area (Å²) < 4.78 is 11.5. The molecule has 5 rings (SSSR count). The summed E-state index contributed by atoms with van der Waals surface area (Å²) >= 11 is 1.61. The first-order valence-electron chi connectivity index (χ1n) is 10.8. The summed E-state index contributed by atoms with van der Waals surface area (Å²) in [7, 11) is 0. The largest absolute Gasteiger partial charge is 0.494 e. The van der Waals surface area contributed by atoms with Crippen molar-refractivity contribution in [3.8, 4) is 33.5 Å². The van der Waals surface area contributed by atoms with Gasteiger partial charge in [0.25, 0.3) is 5.91 Å². The van der Waals surface area contributed by atoms with Gasteiger partial charge in [-0.2, -0.15) is 0 Å². The summed E-state index contributed by atoms with van der Waals surface area (Å²) in [5, 5.41) is 0.878. The van der Waals surface area contributed by atoms with Crippen molar-refractivity contribution in [3.05, 3.63) is 77.8 Å². The van der Waals surface area contributed by atoms with E-state index in [0.717, 1.165) is 38.3 Å². The van der Waals surface area contributed by atoms with Gasteiger partial charge in [-0.15, -0.1) is 11.3 Å². The summed E-state index contributed by atoms with van der Waals surface area (Å²) in [6.07, 6.45) is 2.48. The van der Waals surface area contributed by atoms with Crippen molar-refractivity contribution in [2.24, 2.45) is 0 Å². The maximum Gasteiger partial charge on any atom is 0.265 e. The molecule has 4 aromatic rings. The number of nitrogens with zero attached hydrogens (tertiary/aromatic N) is 3. The fourth-order valence-corrected chi connectivity index (χ4v) is 4.70. The van der Waals surface area contributed by atoms with E-state index in [0.29, 0.717) is 25.3 Å². The topological polar surface area (TPSA) is 64.5 Å². The quantitative estimate of drug-likeness (QED) is 0.349. The molecule has 166 valence electrons. The zero-order valence-corrected chi connectivity index (χ0v) is 19.0. The Bertz CT molecular complexity index is 1260. The minimum absolute atomic E-state index is 0.0471. The van der Waals surface area contributed by atoms with Crippen LogP contribution in [0, 0.1) is 6.92 Å². The highest BCUT2D eigenvalue weighted by Crippen LogP contribution is 2.39. The van der Waals surface area contributed by atoms with Crippen LogP contribution in [-0.4, -0.2) is 35.6 Å². The number of aromatic nitrogens is 2. The van der Waals surface area contributed by atoms with Gasteiger partial charge in [0.15, 0.2) is 6.61 Å². The Kier molecular flexibility index (Phi) is 6.04. The Balaban J connectivity index is 1.36. The maximum absolute atomic E-state index is 12.7. The summed E-state index contributed by atoms with van der Waals surface area (Å²) in [6.45, 7) is 3.19. The van der Waals surface area contributed by atoms with Gasteiger partial charge >= 0.3 is 0 Å². The second kappa shape index (κ2) is 9.42. The molecular formula is C26H23N3O3S. The Morgan fingerprint density at radius 3 is 2.76 bits per heavy atom. The minimum atomic E-state index is -0.0523. The average Bonchev–Trinajstić information content (AvgIpc) is 3.25. The molecule has 1 aliphatic rings. The van der Waals surface area contributed by atoms with Crippen LogP contribution >= 0.6 is 11.3 Å². The normalized spacial score (nSPS) is 12.9. The molecule has 1 aliphatic heterocycles. The second-order valence-electron chi connectivity index (χ2n) is 7.67. The van der Waals surface area contributed by atoms with Crippen molar-refractivity contribution in [3.63, 3.8) is 0 Å². The standard InChI is InChI=1S/C26H23N3O3S/c1-18-25(28-26(33-18)21-10-5-6-13-27-21)19-11-12-23-22(16-19)29(24(30)17-32-23)14-7-15-31-20-8-3-2-4-9-20/h2-6,8-13,16H,7,14-15,17H2,1H3. The molecule has 0 aliphatic carbocycles. The molecule has 0 N–H and O–H groups in total. The zero-order valence-electron chi connectivity index (χ0n) is 18.2. The summed E-state index contributed by atoms with van der Waals surface area (Å²) in [4.78, 5) is 24.8. The van der Waals surface area contributed by atoms with Crippen molar-refractivity contribution >= 4 is 22.9 Å². The van der Waals surface area contributed by atoms with Gasteiger partial charge in [0.2, 0.25) is 0 Å². The van der Waals surface area contributed by atoms with Crippen LogP contribution in [0.5, 0.6) is 11.5 Å². The highest BCUT2D eigenvalue weighted by atomic mass is 32.1. The summed E-state index contributed by atoms with van der Waals surface area (Å²) in [6, 6.07) is 21.4. The molecule has 0 saturated heterocycles. The van der Waals surface area contributed by atoms with Crippen LogP contribution in [0.15, 0.2) is 72.9 Å². The molecular weight excluding hydrogens is 434 g/mol. The van der Waals surface area contributed by atoms with Crippen LogP contribution in [0.4, 0.5) is 5.69 Å². The Morgan fingerprint density at radius 2 is 1.94 bits per heavy atom. The number of hydrogen-bond donors (Lipinski definition) is 0. The smallest absolute Gasteiger partial charge is 0.265 e.